The van der Waals surface area contributed by atoms with Gasteiger partial charge in [0.1, 0.15) is 0 Å². The predicted octanol–water partition coefficient (Wildman–Crippen LogP) is 6.39. The van der Waals surface area contributed by atoms with Crippen molar-refractivity contribution < 1.29 is 4.79 Å². The second-order valence-corrected chi connectivity index (χ2v) is 6.93. The Hall–Kier alpha value is -2.87. The molecule has 2 nitrogen and oxygen atoms in total. The first kappa shape index (κ1) is 18.9. The number of hydrogen-bond donors (Lipinski definition) is 0. The first-order valence-electron chi connectivity index (χ1n) is 9.69. The van der Waals surface area contributed by atoms with E-state index >= 15 is 0 Å². The Labute approximate surface area is 162 Å². The zero-order chi connectivity index (χ0) is 19.1. The lowest BCUT2D eigenvalue weighted by atomic mass is 9.99. The molecule has 0 saturated heterocycles. The fourth-order valence-corrected chi connectivity index (χ4v) is 3.26. The van der Waals surface area contributed by atoms with Gasteiger partial charge in [-0.2, -0.15) is 0 Å². The number of para-hydroxylation sites is 1. The maximum Gasteiger partial charge on any atom is 0.227 e. The van der Waals surface area contributed by atoms with E-state index in [-0.39, 0.29) is 5.91 Å². The number of hydrogen-bond acceptors (Lipinski definition) is 1. The Bertz CT molecular complexity index is 868. The van der Waals surface area contributed by atoms with Crippen molar-refractivity contribution in [1.29, 1.82) is 0 Å². The van der Waals surface area contributed by atoms with Gasteiger partial charge in [-0.3, -0.25) is 4.79 Å². The van der Waals surface area contributed by atoms with Crippen LogP contribution in [0.3, 0.4) is 0 Å². The van der Waals surface area contributed by atoms with Gasteiger partial charge in [0.2, 0.25) is 5.91 Å². The van der Waals surface area contributed by atoms with Crippen molar-refractivity contribution in [2.45, 2.75) is 39.7 Å². The molecule has 0 heterocycles. The molecule has 0 unspecified atom stereocenters. The largest absolute Gasteiger partial charge is 0.308 e. The summed E-state index contributed by atoms with van der Waals surface area (Å²) in [7, 11) is 0. The van der Waals surface area contributed by atoms with Gasteiger partial charge in [-0.05, 0) is 47.7 Å². The van der Waals surface area contributed by atoms with Crippen molar-refractivity contribution in [3.05, 3.63) is 90.0 Å². The van der Waals surface area contributed by atoms with E-state index in [0.29, 0.717) is 13.0 Å². The van der Waals surface area contributed by atoms with Crippen LogP contribution in [0.1, 0.15) is 37.3 Å². The van der Waals surface area contributed by atoms with Crippen molar-refractivity contribution in [2.75, 3.05) is 4.90 Å². The first-order chi connectivity index (χ1) is 13.2. The standard InChI is InChI=1S/C25H27NO/c1-3-4-14-25(27)26(23-11-6-5-7-12-23)19-21-15-17-22(18-16-21)24-13-9-8-10-20(24)2/h5-13,15-18H,3-4,14,19H2,1-2H3. The Kier molecular flexibility index (Phi) is 6.43. The minimum atomic E-state index is 0.186. The molecular weight excluding hydrogens is 330 g/mol. The molecule has 3 aromatic carbocycles. The molecule has 0 bridgehead atoms. The average Bonchev–Trinajstić information content (AvgIpc) is 2.72. The van der Waals surface area contributed by atoms with Crippen LogP contribution in [0.25, 0.3) is 11.1 Å². The van der Waals surface area contributed by atoms with Crippen molar-refractivity contribution in [2.24, 2.45) is 0 Å². The summed E-state index contributed by atoms with van der Waals surface area (Å²) in [5, 5.41) is 0. The van der Waals surface area contributed by atoms with Crippen LogP contribution in [0.4, 0.5) is 5.69 Å². The van der Waals surface area contributed by atoms with E-state index in [1.165, 1.54) is 16.7 Å². The minimum Gasteiger partial charge on any atom is -0.308 e. The zero-order valence-electron chi connectivity index (χ0n) is 16.2. The predicted molar refractivity (Wildman–Crippen MR) is 114 cm³/mol. The van der Waals surface area contributed by atoms with Gasteiger partial charge in [-0.25, -0.2) is 0 Å². The van der Waals surface area contributed by atoms with Crippen molar-refractivity contribution in [3.8, 4) is 11.1 Å². The highest BCUT2D eigenvalue weighted by atomic mass is 16.2. The molecular formula is C25H27NO. The van der Waals surface area contributed by atoms with E-state index in [9.17, 15) is 4.79 Å². The summed E-state index contributed by atoms with van der Waals surface area (Å²) in [6, 6.07) is 26.9. The number of rotatable bonds is 7. The van der Waals surface area contributed by atoms with Crippen molar-refractivity contribution in [1.82, 2.24) is 0 Å². The summed E-state index contributed by atoms with van der Waals surface area (Å²) in [5.41, 5.74) is 5.83. The van der Waals surface area contributed by atoms with Crippen molar-refractivity contribution >= 4 is 11.6 Å². The Morgan fingerprint density at radius 1 is 0.852 bits per heavy atom. The van der Waals surface area contributed by atoms with Gasteiger partial charge in [-0.15, -0.1) is 0 Å². The topological polar surface area (TPSA) is 20.3 Å². The van der Waals surface area contributed by atoms with Crippen LogP contribution in [0.5, 0.6) is 0 Å². The number of anilines is 1. The number of amides is 1. The van der Waals surface area contributed by atoms with Gasteiger partial charge in [0.25, 0.3) is 0 Å². The third-order valence-corrected chi connectivity index (χ3v) is 4.86. The molecule has 0 aliphatic rings. The van der Waals surface area contributed by atoms with Crippen molar-refractivity contribution in [3.63, 3.8) is 0 Å². The molecule has 0 aliphatic heterocycles. The monoisotopic (exact) mass is 357 g/mol. The summed E-state index contributed by atoms with van der Waals surface area (Å²) in [5.74, 6) is 0.186. The maximum absolute atomic E-state index is 12.8. The van der Waals surface area contributed by atoms with Gasteiger partial charge in [-0.1, -0.05) is 80.1 Å². The van der Waals surface area contributed by atoms with E-state index < -0.39 is 0 Å². The molecule has 0 spiro atoms. The van der Waals surface area contributed by atoms with E-state index in [2.05, 4.69) is 62.4 Å². The highest BCUT2D eigenvalue weighted by Crippen LogP contribution is 2.25. The van der Waals surface area contributed by atoms with E-state index in [1.54, 1.807) is 0 Å². The third kappa shape index (κ3) is 4.85. The average molecular weight is 357 g/mol. The summed E-state index contributed by atoms with van der Waals surface area (Å²) >= 11 is 0. The molecule has 27 heavy (non-hydrogen) atoms. The third-order valence-electron chi connectivity index (χ3n) is 4.86. The normalized spacial score (nSPS) is 10.6. The lowest BCUT2D eigenvalue weighted by Gasteiger charge is -2.23. The molecule has 0 atom stereocenters. The van der Waals surface area contributed by atoms with Crippen LogP contribution in [0.15, 0.2) is 78.9 Å². The fraction of sp³-hybridized carbons (Fsp3) is 0.240. The SMILES string of the molecule is CCCCC(=O)N(Cc1ccc(-c2ccccc2C)cc1)c1ccccc1. The number of unbranched alkanes of at least 4 members (excludes halogenated alkanes) is 1. The second-order valence-electron chi connectivity index (χ2n) is 6.93. The zero-order valence-corrected chi connectivity index (χ0v) is 16.2. The summed E-state index contributed by atoms with van der Waals surface area (Å²) in [4.78, 5) is 14.7. The van der Waals surface area contributed by atoms with Gasteiger partial charge in [0.05, 0.1) is 6.54 Å². The molecule has 3 aromatic rings. The van der Waals surface area contributed by atoms with Crippen LogP contribution in [0.2, 0.25) is 0 Å². The molecule has 0 saturated carbocycles. The van der Waals surface area contributed by atoms with Crippen LogP contribution in [0, 0.1) is 6.92 Å². The summed E-state index contributed by atoms with van der Waals surface area (Å²) < 4.78 is 0. The smallest absolute Gasteiger partial charge is 0.227 e. The molecule has 0 aliphatic carbocycles. The van der Waals surface area contributed by atoms with E-state index in [1.807, 2.05) is 35.2 Å². The molecule has 0 radical (unpaired) electrons. The molecule has 3 rings (SSSR count). The quantitative estimate of drug-likeness (QED) is 0.480. The lowest BCUT2D eigenvalue weighted by Crippen LogP contribution is -2.30. The first-order valence-corrected chi connectivity index (χ1v) is 9.69. The number of carbonyl (C=O) groups is 1. The van der Waals surface area contributed by atoms with Gasteiger partial charge in [0, 0.05) is 12.1 Å². The van der Waals surface area contributed by atoms with Gasteiger partial charge in [0.15, 0.2) is 0 Å². The molecule has 2 heteroatoms. The number of nitrogens with zero attached hydrogens (tertiary/aromatic N) is 1. The number of aryl methyl sites for hydroxylation is 1. The molecule has 0 fully saturated rings. The van der Waals surface area contributed by atoms with Crippen LogP contribution < -0.4 is 4.90 Å². The van der Waals surface area contributed by atoms with Gasteiger partial charge < -0.3 is 4.90 Å². The number of carbonyl (C=O) groups excluding carboxylic acids is 1. The minimum absolute atomic E-state index is 0.186. The number of benzene rings is 3. The maximum atomic E-state index is 12.8. The van der Waals surface area contributed by atoms with E-state index in [4.69, 9.17) is 0 Å². The van der Waals surface area contributed by atoms with E-state index in [0.717, 1.165) is 24.1 Å². The Morgan fingerprint density at radius 3 is 2.19 bits per heavy atom. The molecule has 1 amide bonds. The molecule has 138 valence electrons. The molecule has 0 aromatic heterocycles. The fourth-order valence-electron chi connectivity index (χ4n) is 3.26. The highest BCUT2D eigenvalue weighted by Gasteiger charge is 2.15. The highest BCUT2D eigenvalue weighted by molar-refractivity contribution is 5.93. The summed E-state index contributed by atoms with van der Waals surface area (Å²) in [6.45, 7) is 4.85. The second kappa shape index (κ2) is 9.18. The molecule has 0 N–H and O–H groups in total. The van der Waals surface area contributed by atoms with Crippen LogP contribution in [-0.4, -0.2) is 5.91 Å². The Balaban J connectivity index is 1.81. The summed E-state index contributed by atoms with van der Waals surface area (Å²) in [6.07, 6.45) is 2.54. The van der Waals surface area contributed by atoms with Crippen LogP contribution >= 0.6 is 0 Å². The Morgan fingerprint density at radius 2 is 1.52 bits per heavy atom. The lowest BCUT2D eigenvalue weighted by molar-refractivity contribution is -0.118. The van der Waals surface area contributed by atoms with Gasteiger partial charge >= 0.3 is 0 Å². The van der Waals surface area contributed by atoms with Crippen LogP contribution in [-0.2, 0) is 11.3 Å².